The van der Waals surface area contributed by atoms with Gasteiger partial charge in [-0.05, 0) is 41.5 Å². The van der Waals surface area contributed by atoms with Gasteiger partial charge in [0.25, 0.3) is 5.91 Å². The summed E-state index contributed by atoms with van der Waals surface area (Å²) in [6, 6.07) is 7.70. The quantitative estimate of drug-likeness (QED) is 0.870. The molecular weight excluding hydrogens is 268 g/mol. The van der Waals surface area contributed by atoms with E-state index in [1.165, 1.54) is 0 Å². The lowest BCUT2D eigenvalue weighted by Crippen LogP contribution is -2.38. The fraction of sp³-hybridized carbons (Fsp3) is 0.417. The topological polar surface area (TPSA) is 41.1 Å². The highest BCUT2D eigenvalue weighted by atomic mass is 79.9. The van der Waals surface area contributed by atoms with E-state index in [9.17, 15) is 4.79 Å². The highest BCUT2D eigenvalue weighted by molar-refractivity contribution is 9.10. The van der Waals surface area contributed by atoms with Gasteiger partial charge in [0.1, 0.15) is 0 Å². The van der Waals surface area contributed by atoms with Crippen molar-refractivity contribution >= 4 is 21.8 Å². The van der Waals surface area contributed by atoms with Crippen molar-refractivity contribution in [2.45, 2.75) is 19.9 Å². The van der Waals surface area contributed by atoms with Crippen LogP contribution in [0.5, 0.6) is 0 Å². The van der Waals surface area contributed by atoms with Gasteiger partial charge in [-0.3, -0.25) is 4.79 Å². The zero-order chi connectivity index (χ0) is 12.0. The molecule has 4 heteroatoms. The Bertz CT molecular complexity index is 355. The molecule has 0 heterocycles. The Morgan fingerprint density at radius 3 is 2.75 bits per heavy atom. The van der Waals surface area contributed by atoms with Gasteiger partial charge in [0, 0.05) is 17.1 Å². The van der Waals surface area contributed by atoms with Crippen molar-refractivity contribution in [2.75, 3.05) is 13.1 Å². The number of carbonyl (C=O) groups is 1. The lowest BCUT2D eigenvalue weighted by molar-refractivity contribution is 0.0949. The second-order valence-electron chi connectivity index (χ2n) is 3.65. The van der Waals surface area contributed by atoms with E-state index >= 15 is 0 Å². The summed E-state index contributed by atoms with van der Waals surface area (Å²) in [5.74, 6) is -0.0442. The number of amides is 1. The second-order valence-corrected chi connectivity index (χ2v) is 4.50. The summed E-state index contributed by atoms with van der Waals surface area (Å²) in [6.07, 6.45) is 0. The Morgan fingerprint density at radius 1 is 1.44 bits per heavy atom. The molecular formula is C12H17BrN2O. The molecule has 0 spiro atoms. The standard InChI is InChI=1S/C12H17BrN2O/c1-3-14-9(2)8-15-12(16)10-6-4-5-7-11(10)13/h4-7,9,14H,3,8H2,1-2H3,(H,15,16)/t9-/m1/s1. The highest BCUT2D eigenvalue weighted by Gasteiger charge is 2.09. The number of benzene rings is 1. The molecule has 0 unspecified atom stereocenters. The number of halogens is 1. The first-order chi connectivity index (χ1) is 7.65. The van der Waals surface area contributed by atoms with Crippen LogP contribution < -0.4 is 10.6 Å². The van der Waals surface area contributed by atoms with Gasteiger partial charge < -0.3 is 10.6 Å². The molecule has 0 saturated heterocycles. The Kier molecular flexibility index (Phi) is 5.49. The fourth-order valence-corrected chi connectivity index (χ4v) is 1.87. The van der Waals surface area contributed by atoms with Crippen LogP contribution in [0.25, 0.3) is 0 Å². The third-order valence-corrected chi connectivity index (χ3v) is 2.93. The van der Waals surface area contributed by atoms with Gasteiger partial charge in [0.15, 0.2) is 0 Å². The average Bonchev–Trinajstić information content (AvgIpc) is 2.27. The molecule has 0 saturated carbocycles. The smallest absolute Gasteiger partial charge is 0.252 e. The van der Waals surface area contributed by atoms with E-state index in [4.69, 9.17) is 0 Å². The van der Waals surface area contributed by atoms with E-state index in [0.717, 1.165) is 11.0 Å². The molecule has 3 nitrogen and oxygen atoms in total. The highest BCUT2D eigenvalue weighted by Crippen LogP contribution is 2.15. The van der Waals surface area contributed by atoms with Gasteiger partial charge in [-0.25, -0.2) is 0 Å². The summed E-state index contributed by atoms with van der Waals surface area (Å²) in [5, 5.41) is 6.13. The van der Waals surface area contributed by atoms with E-state index in [1.54, 1.807) is 6.07 Å². The number of hydrogen-bond donors (Lipinski definition) is 2. The first kappa shape index (κ1) is 13.2. The van der Waals surface area contributed by atoms with Crippen LogP contribution in [0.2, 0.25) is 0 Å². The van der Waals surface area contributed by atoms with Gasteiger partial charge in [0.2, 0.25) is 0 Å². The molecule has 1 aromatic carbocycles. The maximum absolute atomic E-state index is 11.8. The minimum absolute atomic E-state index is 0.0442. The molecule has 0 fully saturated rings. The molecule has 0 aliphatic rings. The van der Waals surface area contributed by atoms with Crippen molar-refractivity contribution < 1.29 is 4.79 Å². The lowest BCUT2D eigenvalue weighted by Gasteiger charge is -2.13. The average molecular weight is 285 g/mol. The summed E-state index contributed by atoms with van der Waals surface area (Å²) in [6.45, 7) is 5.63. The van der Waals surface area contributed by atoms with E-state index in [1.807, 2.05) is 32.0 Å². The van der Waals surface area contributed by atoms with Crippen molar-refractivity contribution in [3.05, 3.63) is 34.3 Å². The first-order valence-corrected chi connectivity index (χ1v) is 6.20. The largest absolute Gasteiger partial charge is 0.350 e. The van der Waals surface area contributed by atoms with Crippen molar-refractivity contribution in [1.29, 1.82) is 0 Å². The predicted octanol–water partition coefficient (Wildman–Crippen LogP) is 2.18. The zero-order valence-corrected chi connectivity index (χ0v) is 11.2. The third-order valence-electron chi connectivity index (χ3n) is 2.24. The second kappa shape index (κ2) is 6.66. The van der Waals surface area contributed by atoms with Crippen molar-refractivity contribution in [3.63, 3.8) is 0 Å². The Balaban J connectivity index is 2.50. The molecule has 16 heavy (non-hydrogen) atoms. The SMILES string of the molecule is CCN[C@H](C)CNC(=O)c1ccccc1Br. The zero-order valence-electron chi connectivity index (χ0n) is 9.59. The van der Waals surface area contributed by atoms with Crippen molar-refractivity contribution in [1.82, 2.24) is 10.6 Å². The van der Waals surface area contributed by atoms with Crippen LogP contribution >= 0.6 is 15.9 Å². The van der Waals surface area contributed by atoms with Crippen LogP contribution in [-0.2, 0) is 0 Å². The summed E-state index contributed by atoms with van der Waals surface area (Å²) < 4.78 is 0.823. The summed E-state index contributed by atoms with van der Waals surface area (Å²) >= 11 is 3.36. The van der Waals surface area contributed by atoms with Gasteiger partial charge in [0.05, 0.1) is 5.56 Å². The number of rotatable bonds is 5. The predicted molar refractivity (Wildman–Crippen MR) is 69.6 cm³/mol. The normalized spacial score (nSPS) is 12.2. The minimum Gasteiger partial charge on any atom is -0.350 e. The van der Waals surface area contributed by atoms with E-state index in [-0.39, 0.29) is 11.9 Å². The molecule has 0 bridgehead atoms. The Labute approximate surface area is 105 Å². The molecule has 0 aliphatic carbocycles. The van der Waals surface area contributed by atoms with Crippen molar-refractivity contribution in [2.24, 2.45) is 0 Å². The van der Waals surface area contributed by atoms with E-state index in [2.05, 4.69) is 26.6 Å². The molecule has 0 aliphatic heterocycles. The first-order valence-electron chi connectivity index (χ1n) is 5.41. The Hall–Kier alpha value is -0.870. The molecule has 0 aromatic heterocycles. The van der Waals surface area contributed by atoms with Gasteiger partial charge >= 0.3 is 0 Å². The van der Waals surface area contributed by atoms with E-state index < -0.39 is 0 Å². The molecule has 2 N–H and O–H groups in total. The van der Waals surface area contributed by atoms with Gasteiger partial charge in [-0.1, -0.05) is 19.1 Å². The van der Waals surface area contributed by atoms with Crippen LogP contribution in [0, 0.1) is 0 Å². The minimum atomic E-state index is -0.0442. The Morgan fingerprint density at radius 2 is 2.12 bits per heavy atom. The summed E-state index contributed by atoms with van der Waals surface area (Å²) in [7, 11) is 0. The maximum Gasteiger partial charge on any atom is 0.252 e. The van der Waals surface area contributed by atoms with Gasteiger partial charge in [-0.2, -0.15) is 0 Å². The van der Waals surface area contributed by atoms with Crippen molar-refractivity contribution in [3.8, 4) is 0 Å². The lowest BCUT2D eigenvalue weighted by atomic mass is 10.2. The third kappa shape index (κ3) is 3.94. The molecule has 88 valence electrons. The number of carbonyl (C=O) groups excluding carboxylic acids is 1. The summed E-state index contributed by atoms with van der Waals surface area (Å²) in [4.78, 5) is 11.8. The molecule has 1 amide bonds. The number of likely N-dealkylation sites (N-methyl/N-ethyl adjacent to an activating group) is 1. The van der Waals surface area contributed by atoms with Crippen LogP contribution in [0.3, 0.4) is 0 Å². The fourth-order valence-electron chi connectivity index (χ4n) is 1.41. The van der Waals surface area contributed by atoms with Crippen LogP contribution in [-0.4, -0.2) is 25.0 Å². The maximum atomic E-state index is 11.8. The van der Waals surface area contributed by atoms with Gasteiger partial charge in [-0.15, -0.1) is 0 Å². The van der Waals surface area contributed by atoms with Crippen LogP contribution in [0.1, 0.15) is 24.2 Å². The number of hydrogen-bond acceptors (Lipinski definition) is 2. The van der Waals surface area contributed by atoms with Crippen LogP contribution in [0.4, 0.5) is 0 Å². The number of nitrogens with one attached hydrogen (secondary N) is 2. The molecule has 1 atom stereocenters. The molecule has 0 radical (unpaired) electrons. The monoisotopic (exact) mass is 284 g/mol. The molecule has 1 aromatic rings. The summed E-state index contributed by atoms with van der Waals surface area (Å²) in [5.41, 5.74) is 0.672. The molecule has 1 rings (SSSR count). The van der Waals surface area contributed by atoms with E-state index in [0.29, 0.717) is 12.1 Å². The van der Waals surface area contributed by atoms with Crippen LogP contribution in [0.15, 0.2) is 28.7 Å².